The number of benzene rings is 1. The second-order valence-corrected chi connectivity index (χ2v) is 5.85. The van der Waals surface area contributed by atoms with E-state index in [1.165, 1.54) is 0 Å². The first-order valence-corrected chi connectivity index (χ1v) is 7.83. The maximum Gasteiger partial charge on any atom is 0.227 e. The highest BCUT2D eigenvalue weighted by Gasteiger charge is 2.13. The van der Waals surface area contributed by atoms with Crippen molar-refractivity contribution in [3.63, 3.8) is 0 Å². The molecular formula is C16H20BrN3O. The molecular weight excluding hydrogens is 330 g/mol. The van der Waals surface area contributed by atoms with Gasteiger partial charge in [0.15, 0.2) is 0 Å². The average molecular weight is 350 g/mol. The molecule has 0 amide bonds. The summed E-state index contributed by atoms with van der Waals surface area (Å²) in [5.74, 6) is 3.04. The fraction of sp³-hybridized carbons (Fsp3) is 0.375. The molecule has 1 aromatic carbocycles. The molecule has 0 fully saturated rings. The zero-order valence-corrected chi connectivity index (χ0v) is 14.4. The van der Waals surface area contributed by atoms with Crippen LogP contribution in [-0.4, -0.2) is 17.0 Å². The summed E-state index contributed by atoms with van der Waals surface area (Å²) in [6.45, 7) is 6.09. The zero-order valence-electron chi connectivity index (χ0n) is 12.8. The largest absolute Gasteiger partial charge is 0.438 e. The molecule has 0 aliphatic heterocycles. The van der Waals surface area contributed by atoms with Crippen LogP contribution in [0.5, 0.6) is 11.6 Å². The van der Waals surface area contributed by atoms with Crippen LogP contribution in [0.25, 0.3) is 0 Å². The van der Waals surface area contributed by atoms with Crippen molar-refractivity contribution in [3.8, 4) is 11.6 Å². The van der Waals surface area contributed by atoms with E-state index in [-0.39, 0.29) is 0 Å². The van der Waals surface area contributed by atoms with Crippen LogP contribution < -0.4 is 10.1 Å². The summed E-state index contributed by atoms with van der Waals surface area (Å²) >= 11 is 3.46. The summed E-state index contributed by atoms with van der Waals surface area (Å²) in [4.78, 5) is 9.05. The van der Waals surface area contributed by atoms with E-state index in [1.54, 1.807) is 0 Å². The van der Waals surface area contributed by atoms with E-state index in [0.717, 1.165) is 45.8 Å². The summed E-state index contributed by atoms with van der Waals surface area (Å²) in [5, 5.41) is 3.11. The third-order valence-electron chi connectivity index (χ3n) is 3.20. The van der Waals surface area contributed by atoms with Gasteiger partial charge in [0.2, 0.25) is 5.88 Å². The second-order valence-electron chi connectivity index (χ2n) is 4.93. The topological polar surface area (TPSA) is 47.0 Å². The van der Waals surface area contributed by atoms with Gasteiger partial charge in [0.25, 0.3) is 0 Å². The molecule has 5 heteroatoms. The van der Waals surface area contributed by atoms with E-state index >= 15 is 0 Å². The van der Waals surface area contributed by atoms with E-state index < -0.39 is 0 Å². The quantitative estimate of drug-likeness (QED) is 0.853. The molecule has 0 aliphatic rings. The van der Waals surface area contributed by atoms with E-state index in [4.69, 9.17) is 4.74 Å². The van der Waals surface area contributed by atoms with Crippen molar-refractivity contribution in [2.45, 2.75) is 33.6 Å². The molecule has 0 aliphatic carbocycles. The number of ether oxygens (including phenoxy) is 1. The first-order valence-electron chi connectivity index (χ1n) is 7.04. The molecule has 4 nitrogen and oxygen atoms in total. The van der Waals surface area contributed by atoms with Gasteiger partial charge in [-0.25, -0.2) is 4.98 Å². The molecule has 1 N–H and O–H groups in total. The van der Waals surface area contributed by atoms with Gasteiger partial charge in [-0.1, -0.05) is 22.9 Å². The van der Waals surface area contributed by atoms with Crippen LogP contribution in [0.1, 0.15) is 30.3 Å². The number of nitrogens with one attached hydrogen (secondary N) is 1. The molecule has 112 valence electrons. The van der Waals surface area contributed by atoms with Gasteiger partial charge in [0, 0.05) is 17.9 Å². The Morgan fingerprint density at radius 3 is 2.62 bits per heavy atom. The Hall–Kier alpha value is -1.62. The summed E-state index contributed by atoms with van der Waals surface area (Å²) in [6.07, 6.45) is 1.84. The molecule has 0 unspecified atom stereocenters. The third-order valence-corrected chi connectivity index (χ3v) is 3.69. The molecule has 1 heterocycles. The maximum absolute atomic E-state index is 6.01. The molecule has 0 saturated carbocycles. The highest BCUT2D eigenvalue weighted by Crippen LogP contribution is 2.30. The monoisotopic (exact) mass is 349 g/mol. The maximum atomic E-state index is 6.01. The smallest absolute Gasteiger partial charge is 0.227 e. The van der Waals surface area contributed by atoms with Crippen LogP contribution in [-0.2, 0) is 6.42 Å². The SMILES string of the molecule is CCCc1nc(NC)c(C)c(Oc2ccc(Br)cc2C)n1. The average Bonchev–Trinajstić information content (AvgIpc) is 2.45. The highest BCUT2D eigenvalue weighted by molar-refractivity contribution is 9.10. The Kier molecular flexibility index (Phi) is 5.17. The molecule has 2 rings (SSSR count). The Morgan fingerprint density at radius 1 is 1.24 bits per heavy atom. The zero-order chi connectivity index (χ0) is 15.4. The first-order chi connectivity index (χ1) is 10.0. The van der Waals surface area contributed by atoms with E-state index in [2.05, 4.69) is 38.1 Å². The molecule has 2 aromatic rings. The molecule has 1 aromatic heterocycles. The van der Waals surface area contributed by atoms with Crippen molar-refractivity contribution in [1.82, 2.24) is 9.97 Å². The van der Waals surface area contributed by atoms with Crippen molar-refractivity contribution >= 4 is 21.7 Å². The Bertz CT molecular complexity index is 644. The number of rotatable bonds is 5. The van der Waals surface area contributed by atoms with E-state index in [1.807, 2.05) is 39.1 Å². The second kappa shape index (κ2) is 6.89. The van der Waals surface area contributed by atoms with Crippen molar-refractivity contribution in [2.24, 2.45) is 0 Å². The number of aromatic nitrogens is 2. The summed E-state index contributed by atoms with van der Waals surface area (Å²) in [7, 11) is 1.86. The number of anilines is 1. The first kappa shape index (κ1) is 15.8. The number of hydrogen-bond donors (Lipinski definition) is 1. The normalized spacial score (nSPS) is 10.5. The lowest BCUT2D eigenvalue weighted by molar-refractivity contribution is 0.451. The predicted molar refractivity (Wildman–Crippen MR) is 89.3 cm³/mol. The van der Waals surface area contributed by atoms with Crippen LogP contribution in [0, 0.1) is 13.8 Å². The summed E-state index contributed by atoms with van der Waals surface area (Å²) in [6, 6.07) is 5.93. The highest BCUT2D eigenvalue weighted by atomic mass is 79.9. The van der Waals surface area contributed by atoms with Crippen LogP contribution in [0.2, 0.25) is 0 Å². The van der Waals surface area contributed by atoms with Crippen molar-refractivity contribution in [3.05, 3.63) is 39.6 Å². The molecule has 0 bridgehead atoms. The van der Waals surface area contributed by atoms with Gasteiger partial charge in [-0.2, -0.15) is 4.98 Å². The minimum atomic E-state index is 0.614. The number of hydrogen-bond acceptors (Lipinski definition) is 4. The lowest BCUT2D eigenvalue weighted by Gasteiger charge is -2.14. The van der Waals surface area contributed by atoms with Gasteiger partial charge in [-0.15, -0.1) is 0 Å². The number of aryl methyl sites for hydroxylation is 2. The van der Waals surface area contributed by atoms with Crippen LogP contribution in [0.15, 0.2) is 22.7 Å². The Balaban J connectivity index is 2.40. The summed E-state index contributed by atoms with van der Waals surface area (Å²) < 4.78 is 7.05. The Morgan fingerprint density at radius 2 is 2.00 bits per heavy atom. The molecule has 0 saturated heterocycles. The third kappa shape index (κ3) is 3.73. The predicted octanol–water partition coefficient (Wildman–Crippen LogP) is 4.64. The minimum absolute atomic E-state index is 0.614. The van der Waals surface area contributed by atoms with Crippen LogP contribution in [0.3, 0.4) is 0 Å². The van der Waals surface area contributed by atoms with E-state index in [0.29, 0.717) is 5.88 Å². The molecule has 0 radical (unpaired) electrons. The fourth-order valence-electron chi connectivity index (χ4n) is 2.05. The fourth-order valence-corrected chi connectivity index (χ4v) is 2.53. The number of nitrogens with zero attached hydrogens (tertiary/aromatic N) is 2. The van der Waals surface area contributed by atoms with Gasteiger partial charge in [0.05, 0.1) is 5.56 Å². The van der Waals surface area contributed by atoms with Gasteiger partial charge >= 0.3 is 0 Å². The Labute approximate surface area is 134 Å². The van der Waals surface area contributed by atoms with Crippen molar-refractivity contribution in [2.75, 3.05) is 12.4 Å². The van der Waals surface area contributed by atoms with Gasteiger partial charge in [-0.05, 0) is 44.0 Å². The van der Waals surface area contributed by atoms with Crippen molar-refractivity contribution in [1.29, 1.82) is 0 Å². The van der Waals surface area contributed by atoms with E-state index in [9.17, 15) is 0 Å². The van der Waals surface area contributed by atoms with Gasteiger partial charge < -0.3 is 10.1 Å². The minimum Gasteiger partial charge on any atom is -0.438 e. The van der Waals surface area contributed by atoms with Gasteiger partial charge in [0.1, 0.15) is 17.4 Å². The summed E-state index contributed by atoms with van der Waals surface area (Å²) in [5.41, 5.74) is 1.98. The molecule has 0 atom stereocenters. The number of halogens is 1. The van der Waals surface area contributed by atoms with Crippen molar-refractivity contribution < 1.29 is 4.74 Å². The molecule has 0 spiro atoms. The van der Waals surface area contributed by atoms with Crippen LogP contribution >= 0.6 is 15.9 Å². The lowest BCUT2D eigenvalue weighted by Crippen LogP contribution is -2.05. The molecule has 21 heavy (non-hydrogen) atoms. The lowest BCUT2D eigenvalue weighted by atomic mass is 10.2. The standard InChI is InChI=1S/C16H20BrN3O/c1-5-6-14-19-15(18-4)11(3)16(20-14)21-13-8-7-12(17)9-10(13)2/h7-9H,5-6H2,1-4H3,(H,18,19,20). The van der Waals surface area contributed by atoms with Gasteiger partial charge in [-0.3, -0.25) is 0 Å². The van der Waals surface area contributed by atoms with Crippen LogP contribution in [0.4, 0.5) is 5.82 Å².